The molecule has 0 bridgehead atoms. The van der Waals surface area contributed by atoms with Crippen LogP contribution in [0.15, 0.2) is 6.07 Å². The van der Waals surface area contributed by atoms with Crippen LogP contribution in [-0.4, -0.2) is 54.6 Å². The molecule has 1 N–H and O–H groups in total. The average Bonchev–Trinajstić information content (AvgIpc) is 3.15. The Bertz CT molecular complexity index is 650. The molecule has 4 heterocycles. The maximum Gasteiger partial charge on any atom is 0.425 e. The number of aliphatic hydroxyl groups excluding tert-OH is 1. The van der Waals surface area contributed by atoms with Gasteiger partial charge in [-0.15, -0.1) is 11.3 Å². The molecule has 0 amide bonds. The molecule has 0 radical (unpaired) electrons. The molecule has 4 rings (SSSR count). The van der Waals surface area contributed by atoms with Crippen molar-refractivity contribution in [1.29, 1.82) is 0 Å². The van der Waals surface area contributed by atoms with E-state index in [4.69, 9.17) is 9.47 Å². The second-order valence-electron chi connectivity index (χ2n) is 7.27. The highest BCUT2D eigenvalue weighted by molar-refractivity contribution is 7.12. The van der Waals surface area contributed by atoms with Gasteiger partial charge in [0.25, 0.3) is 0 Å². The van der Waals surface area contributed by atoms with E-state index in [9.17, 15) is 18.3 Å². The summed E-state index contributed by atoms with van der Waals surface area (Å²) in [7, 11) is 0. The normalized spacial score (nSPS) is 36.8. The van der Waals surface area contributed by atoms with Gasteiger partial charge in [-0.3, -0.25) is 4.90 Å². The van der Waals surface area contributed by atoms with Gasteiger partial charge in [-0.25, -0.2) is 0 Å². The molecule has 1 spiro atoms. The SMILES string of the molecule is C[C@H]1C[C@@]2(CCN1C1COCC1O)OCCc1cc(C(F)(F)F)sc12. The van der Waals surface area contributed by atoms with Crippen LogP contribution in [0.4, 0.5) is 13.2 Å². The number of ether oxygens (including phenoxy) is 2. The standard InChI is InChI=1S/C17H22F3NO3S/c1-10-7-16(3-4-21(10)12-8-23-9-13(12)22)15-11(2-5-24-16)6-14(25-15)17(18,19)20/h6,10,12-13,22H,2-5,7-9H2,1H3/t10-,12?,13?,16+/m0/s1. The summed E-state index contributed by atoms with van der Waals surface area (Å²) in [5, 5.41) is 10.1. The van der Waals surface area contributed by atoms with Crippen molar-refractivity contribution in [2.24, 2.45) is 0 Å². The first-order valence-corrected chi connectivity index (χ1v) is 9.48. The molecule has 0 aliphatic carbocycles. The van der Waals surface area contributed by atoms with E-state index < -0.39 is 22.8 Å². The number of likely N-dealkylation sites (tertiary alicyclic amines) is 1. The van der Waals surface area contributed by atoms with Crippen LogP contribution in [0.1, 0.15) is 35.1 Å². The van der Waals surface area contributed by atoms with Crippen molar-refractivity contribution in [1.82, 2.24) is 4.90 Å². The molecule has 0 aromatic carbocycles. The highest BCUT2D eigenvalue weighted by Crippen LogP contribution is 2.49. The lowest BCUT2D eigenvalue weighted by atomic mass is 9.81. The van der Waals surface area contributed by atoms with E-state index in [0.29, 0.717) is 45.6 Å². The number of thiophene rings is 1. The number of alkyl halides is 3. The number of piperidine rings is 1. The smallest absolute Gasteiger partial charge is 0.389 e. The van der Waals surface area contributed by atoms with E-state index in [0.717, 1.165) is 21.8 Å². The molecule has 140 valence electrons. The van der Waals surface area contributed by atoms with Gasteiger partial charge in [0.1, 0.15) is 10.5 Å². The number of nitrogens with zero attached hydrogens (tertiary/aromatic N) is 1. The summed E-state index contributed by atoms with van der Waals surface area (Å²) in [6, 6.07) is 1.37. The van der Waals surface area contributed by atoms with E-state index >= 15 is 0 Å². The van der Waals surface area contributed by atoms with E-state index in [1.165, 1.54) is 6.07 Å². The second kappa shape index (κ2) is 6.20. The first-order valence-electron chi connectivity index (χ1n) is 8.66. The molecule has 2 saturated heterocycles. The quantitative estimate of drug-likeness (QED) is 0.817. The Hall–Kier alpha value is -0.670. The predicted octanol–water partition coefficient (Wildman–Crippen LogP) is 2.78. The van der Waals surface area contributed by atoms with Gasteiger partial charge >= 0.3 is 6.18 Å². The Morgan fingerprint density at radius 2 is 2.16 bits per heavy atom. The van der Waals surface area contributed by atoms with Crippen LogP contribution >= 0.6 is 11.3 Å². The van der Waals surface area contributed by atoms with Crippen molar-refractivity contribution in [3.63, 3.8) is 0 Å². The van der Waals surface area contributed by atoms with Crippen molar-refractivity contribution in [3.05, 3.63) is 21.4 Å². The lowest BCUT2D eigenvalue weighted by Gasteiger charge is -2.49. The Balaban J connectivity index is 1.60. The topological polar surface area (TPSA) is 41.9 Å². The Kier molecular flexibility index (Phi) is 4.39. The van der Waals surface area contributed by atoms with Crippen LogP contribution in [0.2, 0.25) is 0 Å². The van der Waals surface area contributed by atoms with Gasteiger partial charge in [0.2, 0.25) is 0 Å². The first-order chi connectivity index (χ1) is 11.8. The van der Waals surface area contributed by atoms with E-state index in [-0.39, 0.29) is 12.1 Å². The van der Waals surface area contributed by atoms with E-state index in [1.807, 2.05) is 0 Å². The van der Waals surface area contributed by atoms with Gasteiger partial charge in [0.15, 0.2) is 0 Å². The zero-order valence-electron chi connectivity index (χ0n) is 14.0. The first kappa shape index (κ1) is 17.7. The maximum atomic E-state index is 13.1. The minimum absolute atomic E-state index is 0.0375. The lowest BCUT2D eigenvalue weighted by molar-refractivity contribution is -0.134. The molecular weight excluding hydrogens is 355 g/mol. The lowest BCUT2D eigenvalue weighted by Crippen LogP contribution is -2.56. The fourth-order valence-electron chi connectivity index (χ4n) is 4.47. The fraction of sp³-hybridized carbons (Fsp3) is 0.765. The van der Waals surface area contributed by atoms with Crippen LogP contribution in [0.3, 0.4) is 0 Å². The molecule has 4 nitrogen and oxygen atoms in total. The van der Waals surface area contributed by atoms with Crippen LogP contribution in [0.5, 0.6) is 0 Å². The number of fused-ring (bicyclic) bond motifs is 2. The highest BCUT2D eigenvalue weighted by Gasteiger charge is 2.48. The number of halogens is 3. The van der Waals surface area contributed by atoms with E-state index in [2.05, 4.69) is 11.8 Å². The summed E-state index contributed by atoms with van der Waals surface area (Å²) < 4.78 is 50.9. The van der Waals surface area contributed by atoms with Crippen LogP contribution in [-0.2, 0) is 27.7 Å². The van der Waals surface area contributed by atoms with Gasteiger partial charge in [-0.05, 0) is 37.8 Å². The molecule has 4 atom stereocenters. The molecule has 2 unspecified atom stereocenters. The summed E-state index contributed by atoms with van der Waals surface area (Å²) in [6.07, 6.45) is -2.98. The molecule has 1 aromatic rings. The van der Waals surface area contributed by atoms with E-state index in [1.54, 1.807) is 0 Å². The molecular formula is C17H22F3NO3S. The molecule has 1 aromatic heterocycles. The van der Waals surface area contributed by atoms with Gasteiger partial charge in [0.05, 0.1) is 32.0 Å². The molecule has 8 heteroatoms. The maximum absolute atomic E-state index is 13.1. The van der Waals surface area contributed by atoms with Gasteiger partial charge in [-0.1, -0.05) is 0 Å². The minimum Gasteiger partial charge on any atom is -0.389 e. The summed E-state index contributed by atoms with van der Waals surface area (Å²) >= 11 is 0.841. The van der Waals surface area contributed by atoms with Crippen LogP contribution < -0.4 is 0 Å². The summed E-state index contributed by atoms with van der Waals surface area (Å²) in [6.45, 7) is 4.05. The van der Waals surface area contributed by atoms with Gasteiger partial charge < -0.3 is 14.6 Å². The largest absolute Gasteiger partial charge is 0.425 e. The summed E-state index contributed by atoms with van der Waals surface area (Å²) in [5.41, 5.74) is 0.163. The molecule has 2 fully saturated rings. The monoisotopic (exact) mass is 377 g/mol. The minimum atomic E-state index is -4.30. The van der Waals surface area contributed by atoms with Gasteiger partial charge in [-0.2, -0.15) is 13.2 Å². The second-order valence-corrected chi connectivity index (χ2v) is 8.32. The third-order valence-electron chi connectivity index (χ3n) is 5.66. The molecule has 3 aliphatic heterocycles. The zero-order chi connectivity index (χ0) is 17.8. The average molecular weight is 377 g/mol. The van der Waals surface area contributed by atoms with Crippen molar-refractivity contribution in [2.45, 2.75) is 56.2 Å². The van der Waals surface area contributed by atoms with Crippen molar-refractivity contribution < 1.29 is 27.8 Å². The number of hydrogen-bond donors (Lipinski definition) is 1. The van der Waals surface area contributed by atoms with Crippen LogP contribution in [0, 0.1) is 0 Å². The molecule has 0 saturated carbocycles. The van der Waals surface area contributed by atoms with Crippen molar-refractivity contribution in [2.75, 3.05) is 26.4 Å². The third-order valence-corrected chi connectivity index (χ3v) is 7.07. The summed E-state index contributed by atoms with van der Waals surface area (Å²) in [4.78, 5) is 2.44. The number of hydrogen-bond acceptors (Lipinski definition) is 5. The van der Waals surface area contributed by atoms with Crippen molar-refractivity contribution >= 4 is 11.3 Å². The Labute approximate surface area is 148 Å². The number of aliphatic hydroxyl groups is 1. The Morgan fingerprint density at radius 1 is 1.36 bits per heavy atom. The number of rotatable bonds is 1. The van der Waals surface area contributed by atoms with Crippen molar-refractivity contribution in [3.8, 4) is 0 Å². The Morgan fingerprint density at radius 3 is 2.80 bits per heavy atom. The zero-order valence-corrected chi connectivity index (χ0v) is 14.8. The third kappa shape index (κ3) is 3.02. The van der Waals surface area contributed by atoms with Gasteiger partial charge in [0, 0.05) is 17.5 Å². The fourth-order valence-corrected chi connectivity index (χ4v) is 5.73. The summed E-state index contributed by atoms with van der Waals surface area (Å²) in [5.74, 6) is 0. The molecule has 25 heavy (non-hydrogen) atoms. The molecule has 3 aliphatic rings. The predicted molar refractivity (Wildman–Crippen MR) is 86.7 cm³/mol. The highest BCUT2D eigenvalue weighted by atomic mass is 32.1. The van der Waals surface area contributed by atoms with Crippen LogP contribution in [0.25, 0.3) is 0 Å².